The molecule has 4 heteroatoms. The van der Waals surface area contributed by atoms with Crippen LogP contribution in [0.4, 0.5) is 4.70 Å². The minimum absolute atomic E-state index is 0. The molecule has 0 fully saturated rings. The smallest absolute Gasteiger partial charge is 0.163 e. The third-order valence-corrected chi connectivity index (χ3v) is 1.89. The quantitative estimate of drug-likeness (QED) is 0.830. The Hall–Kier alpha value is -1.13. The molecule has 0 aliphatic heterocycles. The van der Waals surface area contributed by atoms with E-state index in [1.165, 1.54) is 6.92 Å². The average Bonchev–Trinajstić information content (AvgIpc) is 2.20. The number of halogens is 1. The van der Waals surface area contributed by atoms with Crippen molar-refractivity contribution in [2.45, 2.75) is 59.4 Å². The first-order valence-corrected chi connectivity index (χ1v) is 6.38. The van der Waals surface area contributed by atoms with E-state index in [2.05, 4.69) is 0 Å². The van der Waals surface area contributed by atoms with Gasteiger partial charge in [-0.2, -0.15) is 0 Å². The van der Waals surface area contributed by atoms with Gasteiger partial charge in [-0.1, -0.05) is 26.0 Å². The van der Waals surface area contributed by atoms with E-state index >= 15 is 0 Å². The molecule has 0 unspecified atom stereocenters. The second-order valence-corrected chi connectivity index (χ2v) is 5.25. The van der Waals surface area contributed by atoms with Crippen LogP contribution in [0.25, 0.3) is 0 Å². The van der Waals surface area contributed by atoms with Crippen LogP contribution in [0.15, 0.2) is 24.3 Å². The fourth-order valence-corrected chi connectivity index (χ4v) is 1.42. The van der Waals surface area contributed by atoms with Gasteiger partial charge in [0.15, 0.2) is 5.79 Å². The molecule has 0 aromatic heterocycles. The summed E-state index contributed by atoms with van der Waals surface area (Å²) in [4.78, 5) is 0. The van der Waals surface area contributed by atoms with Crippen molar-refractivity contribution in [2.75, 3.05) is 0 Å². The van der Waals surface area contributed by atoms with Crippen molar-refractivity contribution >= 4 is 0 Å². The Morgan fingerprint density at radius 2 is 1.42 bits per heavy atom. The Morgan fingerprint density at radius 1 is 1.00 bits per heavy atom. The average molecular weight is 276 g/mol. The lowest BCUT2D eigenvalue weighted by Crippen LogP contribution is -2.26. The second-order valence-electron chi connectivity index (χ2n) is 5.25. The van der Waals surface area contributed by atoms with Gasteiger partial charge in [0.2, 0.25) is 0 Å². The monoisotopic (exact) mass is 276 g/mol. The summed E-state index contributed by atoms with van der Waals surface area (Å²) in [6.07, 6.45) is 0.211. The van der Waals surface area contributed by atoms with Gasteiger partial charge in [-0.05, 0) is 45.4 Å². The van der Waals surface area contributed by atoms with Crippen LogP contribution in [0.2, 0.25) is 0 Å². The summed E-state index contributed by atoms with van der Waals surface area (Å²) in [5, 5.41) is 18.5. The van der Waals surface area contributed by atoms with Gasteiger partial charge in [-0.25, -0.2) is 0 Å². The van der Waals surface area contributed by atoms with Gasteiger partial charge in [0.25, 0.3) is 0 Å². The molecule has 19 heavy (non-hydrogen) atoms. The van der Waals surface area contributed by atoms with Gasteiger partial charge in [-0.15, -0.1) is 0 Å². The summed E-state index contributed by atoms with van der Waals surface area (Å²) in [5.74, 6) is -0.874. The highest BCUT2D eigenvalue weighted by Gasteiger charge is 2.16. The molecule has 0 spiro atoms. The maximum absolute atomic E-state index is 9.25. The zero-order valence-electron chi connectivity index (χ0n) is 12.7. The normalized spacial score (nSPS) is 10.9. The molecule has 0 saturated heterocycles. The van der Waals surface area contributed by atoms with Crippen molar-refractivity contribution in [1.82, 2.24) is 0 Å². The van der Waals surface area contributed by atoms with Crippen molar-refractivity contribution < 1.29 is 21.1 Å². The summed E-state index contributed by atoms with van der Waals surface area (Å²) in [6.45, 7) is 11.3. The van der Waals surface area contributed by atoms with Crippen LogP contribution in [-0.4, -0.2) is 21.6 Å². The molecular weight excluding hydrogens is 247 g/mol. The Morgan fingerprint density at radius 3 is 1.74 bits per heavy atom. The zero-order chi connectivity index (χ0) is 14.4. The Kier molecular flexibility index (Phi) is 8.63. The third kappa shape index (κ3) is 10.5. The van der Waals surface area contributed by atoms with Gasteiger partial charge in [0.05, 0.1) is 0 Å². The van der Waals surface area contributed by atoms with Crippen molar-refractivity contribution in [1.29, 1.82) is 0 Å². The van der Waals surface area contributed by atoms with E-state index in [4.69, 9.17) is 4.74 Å². The van der Waals surface area contributed by atoms with Crippen LogP contribution >= 0.6 is 0 Å². The van der Waals surface area contributed by atoms with Gasteiger partial charge in [-0.3, -0.25) is 4.70 Å². The molecule has 114 valence electrons. The lowest BCUT2D eigenvalue weighted by atomic mass is 10.1. The fraction of sp³-hybridized carbons (Fsp3) is 0.600. The first-order valence-electron chi connectivity index (χ1n) is 6.38. The van der Waals surface area contributed by atoms with Crippen molar-refractivity contribution in [3.63, 3.8) is 0 Å². The lowest BCUT2D eigenvalue weighted by molar-refractivity contribution is -0.142. The molecule has 0 bridgehead atoms. The molecular formula is C15H29FO3. The number of hydrogen-bond donors (Lipinski definition) is 2. The first kappa shape index (κ1) is 20.2. The predicted octanol–water partition coefficient (Wildman–Crippen LogP) is 3.53. The second kappa shape index (κ2) is 8.12. The van der Waals surface area contributed by atoms with E-state index < -0.39 is 5.79 Å². The molecule has 0 saturated carbocycles. The number of aliphatic hydroxyl groups is 2. The van der Waals surface area contributed by atoms with Crippen molar-refractivity contribution in [3.8, 4) is 5.75 Å². The summed E-state index contributed by atoms with van der Waals surface area (Å²) >= 11 is 0. The highest BCUT2D eigenvalue weighted by molar-refractivity contribution is 5.28. The molecule has 3 nitrogen and oxygen atoms in total. The summed E-state index contributed by atoms with van der Waals surface area (Å²) < 4.78 is 5.66. The highest BCUT2D eigenvalue weighted by atomic mass is 19.0. The van der Waals surface area contributed by atoms with E-state index in [0.717, 1.165) is 11.3 Å². The van der Waals surface area contributed by atoms with Crippen LogP contribution in [0.1, 0.15) is 48.5 Å². The van der Waals surface area contributed by atoms with E-state index in [1.54, 1.807) is 0 Å². The SMILES string of the molecule is CC.CC(O)(O)Cc1ccc(OC(C)(C)C)cc1.F.[HH]. The number of ether oxygens (including phenoxy) is 1. The molecule has 0 radical (unpaired) electrons. The van der Waals surface area contributed by atoms with E-state index in [0.29, 0.717) is 0 Å². The van der Waals surface area contributed by atoms with Crippen molar-refractivity contribution in [2.24, 2.45) is 0 Å². The van der Waals surface area contributed by atoms with E-state index in [-0.39, 0.29) is 18.2 Å². The van der Waals surface area contributed by atoms with Gasteiger partial charge in [0, 0.05) is 7.85 Å². The van der Waals surface area contributed by atoms with Crippen LogP contribution in [0.5, 0.6) is 5.75 Å². The first-order chi connectivity index (χ1) is 8.16. The standard InChI is InChI=1S/C13H20O3.C2H6.FH.H2/c1-12(2,3)16-11-7-5-10(6-8-11)9-13(4,14)15;1-2;;/h5-8,14-15H,9H2,1-4H3;1-2H3;2*1H. The topological polar surface area (TPSA) is 49.7 Å². The van der Waals surface area contributed by atoms with E-state index in [1.807, 2.05) is 58.9 Å². The number of rotatable bonds is 3. The van der Waals surface area contributed by atoms with Gasteiger partial charge in [0.1, 0.15) is 11.4 Å². The number of hydrogen-bond acceptors (Lipinski definition) is 3. The summed E-state index contributed by atoms with van der Waals surface area (Å²) in [6, 6.07) is 7.36. The van der Waals surface area contributed by atoms with Crippen molar-refractivity contribution in [3.05, 3.63) is 29.8 Å². The summed E-state index contributed by atoms with van der Waals surface area (Å²) in [7, 11) is 0. The molecule has 0 heterocycles. The van der Waals surface area contributed by atoms with Crippen LogP contribution in [-0.2, 0) is 6.42 Å². The Balaban J connectivity index is -0.000000689. The highest BCUT2D eigenvalue weighted by Crippen LogP contribution is 2.20. The van der Waals surface area contributed by atoms with Crippen LogP contribution in [0, 0.1) is 0 Å². The molecule has 1 aromatic carbocycles. The Bertz CT molecular complexity index is 305. The summed E-state index contributed by atoms with van der Waals surface area (Å²) in [5.41, 5.74) is 0.651. The molecule has 1 aromatic rings. The molecule has 2 N–H and O–H groups in total. The van der Waals surface area contributed by atoms with Crippen LogP contribution < -0.4 is 4.74 Å². The number of benzene rings is 1. The Labute approximate surface area is 117 Å². The predicted molar refractivity (Wildman–Crippen MR) is 79.3 cm³/mol. The van der Waals surface area contributed by atoms with Crippen LogP contribution in [0.3, 0.4) is 0 Å². The van der Waals surface area contributed by atoms with E-state index in [9.17, 15) is 10.2 Å². The molecule has 0 amide bonds. The minimum Gasteiger partial charge on any atom is -0.488 e. The molecule has 1 rings (SSSR count). The zero-order valence-corrected chi connectivity index (χ0v) is 12.7. The molecule has 0 atom stereocenters. The molecule has 0 aliphatic rings. The fourth-order valence-electron chi connectivity index (χ4n) is 1.42. The maximum Gasteiger partial charge on any atom is 0.163 e. The van der Waals surface area contributed by atoms with Gasteiger partial charge >= 0.3 is 0 Å². The van der Waals surface area contributed by atoms with Gasteiger partial charge < -0.3 is 14.9 Å². The lowest BCUT2D eigenvalue weighted by Gasteiger charge is -2.21. The largest absolute Gasteiger partial charge is 0.488 e. The third-order valence-electron chi connectivity index (χ3n) is 1.89. The molecule has 0 aliphatic carbocycles. The minimum atomic E-state index is -1.66. The maximum atomic E-state index is 9.25.